The molecule has 0 spiro atoms. The minimum absolute atomic E-state index is 0.166. The molecule has 1 aliphatic heterocycles. The van der Waals surface area contributed by atoms with E-state index in [1.54, 1.807) is 30.6 Å². The fourth-order valence-electron chi connectivity index (χ4n) is 3.15. The average Bonchev–Trinajstić information content (AvgIpc) is 2.95. The molecule has 0 saturated heterocycles. The number of hydrogen-bond donors (Lipinski definition) is 1. The molecule has 138 valence electrons. The number of imide groups is 1. The van der Waals surface area contributed by atoms with Gasteiger partial charge >= 0.3 is 0 Å². The van der Waals surface area contributed by atoms with Crippen LogP contribution in [0.15, 0.2) is 67.0 Å². The molecular weight excluding hydrogens is 354 g/mol. The zero-order valence-electron chi connectivity index (χ0n) is 15.2. The summed E-state index contributed by atoms with van der Waals surface area (Å²) < 4.78 is 0. The summed E-state index contributed by atoms with van der Waals surface area (Å²) in [6.45, 7) is 2.07. The van der Waals surface area contributed by atoms with E-state index in [1.807, 2.05) is 31.2 Å². The van der Waals surface area contributed by atoms with Crippen LogP contribution in [0.5, 0.6) is 0 Å². The first-order valence-electron chi connectivity index (χ1n) is 8.81. The highest BCUT2D eigenvalue weighted by Gasteiger charge is 2.36. The van der Waals surface area contributed by atoms with Gasteiger partial charge in [-0.1, -0.05) is 18.2 Å². The van der Waals surface area contributed by atoms with Crippen LogP contribution in [0.2, 0.25) is 0 Å². The number of para-hydroxylation sites is 1. The first-order chi connectivity index (χ1) is 13.5. The van der Waals surface area contributed by atoms with E-state index in [1.165, 1.54) is 17.0 Å². The number of nitrogens with one attached hydrogen (secondary N) is 1. The molecule has 2 heterocycles. The SMILES string of the molecule is Cc1ccccc1NC(=O)c1ccc2c(c1)C(=O)N(Cc1ccncc1)C2=O. The first kappa shape index (κ1) is 17.6. The molecular formula is C22H17N3O3. The molecule has 6 nitrogen and oxygen atoms in total. The molecule has 28 heavy (non-hydrogen) atoms. The number of nitrogens with zero attached hydrogens (tertiary/aromatic N) is 2. The Balaban J connectivity index is 1.58. The second-order valence-corrected chi connectivity index (χ2v) is 6.58. The van der Waals surface area contributed by atoms with Crippen LogP contribution >= 0.6 is 0 Å². The molecule has 2 aromatic carbocycles. The van der Waals surface area contributed by atoms with Crippen LogP contribution < -0.4 is 5.32 Å². The van der Waals surface area contributed by atoms with Gasteiger partial charge in [-0.3, -0.25) is 24.3 Å². The lowest BCUT2D eigenvalue weighted by Crippen LogP contribution is -2.29. The zero-order chi connectivity index (χ0) is 19.7. The van der Waals surface area contributed by atoms with E-state index in [9.17, 15) is 14.4 Å². The highest BCUT2D eigenvalue weighted by Crippen LogP contribution is 2.26. The molecule has 0 radical (unpaired) electrons. The predicted octanol–water partition coefficient (Wildman–Crippen LogP) is 3.44. The minimum atomic E-state index is -0.401. The van der Waals surface area contributed by atoms with Gasteiger partial charge in [0.15, 0.2) is 0 Å². The van der Waals surface area contributed by atoms with E-state index in [0.29, 0.717) is 16.8 Å². The summed E-state index contributed by atoms with van der Waals surface area (Å²) in [5.74, 6) is -1.09. The highest BCUT2D eigenvalue weighted by molar-refractivity contribution is 6.22. The van der Waals surface area contributed by atoms with Crippen molar-refractivity contribution >= 4 is 23.4 Å². The van der Waals surface area contributed by atoms with E-state index in [0.717, 1.165) is 11.1 Å². The number of benzene rings is 2. The van der Waals surface area contributed by atoms with Crippen molar-refractivity contribution < 1.29 is 14.4 Å². The number of fused-ring (bicyclic) bond motifs is 1. The summed E-state index contributed by atoms with van der Waals surface area (Å²) in [6.07, 6.45) is 3.23. The van der Waals surface area contributed by atoms with Crippen molar-refractivity contribution in [2.75, 3.05) is 5.32 Å². The Hall–Kier alpha value is -3.80. The summed E-state index contributed by atoms with van der Waals surface area (Å²) in [5, 5.41) is 2.84. The first-order valence-corrected chi connectivity index (χ1v) is 8.81. The molecule has 0 bridgehead atoms. The van der Waals surface area contributed by atoms with E-state index >= 15 is 0 Å². The maximum Gasteiger partial charge on any atom is 0.261 e. The zero-order valence-corrected chi connectivity index (χ0v) is 15.2. The predicted molar refractivity (Wildman–Crippen MR) is 104 cm³/mol. The highest BCUT2D eigenvalue weighted by atomic mass is 16.2. The molecule has 4 rings (SSSR count). The molecule has 1 aromatic heterocycles. The summed E-state index contributed by atoms with van der Waals surface area (Å²) in [7, 11) is 0. The smallest absolute Gasteiger partial charge is 0.261 e. The van der Waals surface area contributed by atoms with Crippen LogP contribution in [-0.4, -0.2) is 27.6 Å². The second-order valence-electron chi connectivity index (χ2n) is 6.58. The van der Waals surface area contributed by atoms with Crippen molar-refractivity contribution in [1.29, 1.82) is 0 Å². The molecule has 0 atom stereocenters. The largest absolute Gasteiger partial charge is 0.322 e. The second kappa shape index (κ2) is 7.08. The van der Waals surface area contributed by atoms with Gasteiger partial charge in [0.25, 0.3) is 17.7 Å². The van der Waals surface area contributed by atoms with Crippen molar-refractivity contribution in [2.24, 2.45) is 0 Å². The minimum Gasteiger partial charge on any atom is -0.322 e. The molecule has 6 heteroatoms. The van der Waals surface area contributed by atoms with E-state index in [-0.39, 0.29) is 23.9 Å². The average molecular weight is 371 g/mol. The van der Waals surface area contributed by atoms with E-state index < -0.39 is 5.91 Å². The Morgan fingerprint density at radius 3 is 2.43 bits per heavy atom. The van der Waals surface area contributed by atoms with Gasteiger partial charge in [-0.25, -0.2) is 0 Å². The number of pyridine rings is 1. The number of aromatic nitrogens is 1. The molecule has 0 aliphatic carbocycles. The third-order valence-electron chi connectivity index (χ3n) is 4.72. The molecule has 0 unspecified atom stereocenters. The third kappa shape index (κ3) is 3.16. The summed E-state index contributed by atoms with van der Waals surface area (Å²) >= 11 is 0. The fourth-order valence-corrected chi connectivity index (χ4v) is 3.15. The molecule has 0 saturated carbocycles. The van der Waals surface area contributed by atoms with Gasteiger partial charge in [-0.2, -0.15) is 0 Å². The van der Waals surface area contributed by atoms with Crippen LogP contribution in [0.25, 0.3) is 0 Å². The molecule has 1 aliphatic rings. The Morgan fingerprint density at radius 1 is 0.964 bits per heavy atom. The number of carbonyl (C=O) groups excluding carboxylic acids is 3. The van der Waals surface area contributed by atoms with Gasteiger partial charge in [-0.15, -0.1) is 0 Å². The molecule has 3 amide bonds. The Morgan fingerprint density at radius 2 is 1.68 bits per heavy atom. The lowest BCUT2D eigenvalue weighted by molar-refractivity contribution is 0.0642. The molecule has 0 fully saturated rings. The lowest BCUT2D eigenvalue weighted by atomic mass is 10.0. The van der Waals surface area contributed by atoms with Gasteiger partial charge in [0, 0.05) is 23.6 Å². The van der Waals surface area contributed by atoms with Crippen molar-refractivity contribution in [2.45, 2.75) is 13.5 Å². The third-order valence-corrected chi connectivity index (χ3v) is 4.72. The van der Waals surface area contributed by atoms with Crippen LogP contribution in [-0.2, 0) is 6.54 Å². The monoisotopic (exact) mass is 371 g/mol. The van der Waals surface area contributed by atoms with E-state index in [2.05, 4.69) is 10.3 Å². The maximum absolute atomic E-state index is 12.8. The van der Waals surface area contributed by atoms with Crippen LogP contribution in [0.3, 0.4) is 0 Å². The normalized spacial score (nSPS) is 12.8. The van der Waals surface area contributed by atoms with E-state index in [4.69, 9.17) is 0 Å². The van der Waals surface area contributed by atoms with Crippen molar-refractivity contribution in [3.8, 4) is 0 Å². The van der Waals surface area contributed by atoms with Crippen LogP contribution in [0.1, 0.15) is 42.2 Å². The summed E-state index contributed by atoms with van der Waals surface area (Å²) in [6, 6.07) is 15.5. The number of amides is 3. The number of rotatable bonds is 4. The number of anilines is 1. The van der Waals surface area contributed by atoms with Gasteiger partial charge in [-0.05, 0) is 54.4 Å². The summed E-state index contributed by atoms with van der Waals surface area (Å²) in [4.78, 5) is 43.1. The number of hydrogen-bond acceptors (Lipinski definition) is 4. The Kier molecular flexibility index (Phi) is 4.45. The van der Waals surface area contributed by atoms with Crippen molar-refractivity contribution in [1.82, 2.24) is 9.88 Å². The standard InChI is InChI=1S/C22H17N3O3/c1-14-4-2-3-5-19(14)24-20(26)16-6-7-17-18(12-16)22(28)25(21(17)27)13-15-8-10-23-11-9-15/h2-12H,13H2,1H3,(H,24,26). The topological polar surface area (TPSA) is 79.4 Å². The molecule has 1 N–H and O–H groups in total. The quantitative estimate of drug-likeness (QED) is 0.713. The van der Waals surface area contributed by atoms with Gasteiger partial charge in [0.2, 0.25) is 0 Å². The Labute approximate surface area is 161 Å². The fraction of sp³-hybridized carbons (Fsp3) is 0.0909. The number of aryl methyl sites for hydroxylation is 1. The van der Waals surface area contributed by atoms with Gasteiger partial charge in [0.05, 0.1) is 17.7 Å². The van der Waals surface area contributed by atoms with Crippen molar-refractivity contribution in [3.63, 3.8) is 0 Å². The summed E-state index contributed by atoms with van der Waals surface area (Å²) in [5.41, 5.74) is 3.33. The van der Waals surface area contributed by atoms with Gasteiger partial charge < -0.3 is 5.32 Å². The Bertz CT molecular complexity index is 1090. The van der Waals surface area contributed by atoms with Crippen molar-refractivity contribution in [3.05, 3.63) is 94.8 Å². The van der Waals surface area contributed by atoms with Crippen LogP contribution in [0, 0.1) is 6.92 Å². The van der Waals surface area contributed by atoms with Gasteiger partial charge in [0.1, 0.15) is 0 Å². The number of carbonyl (C=O) groups is 3. The lowest BCUT2D eigenvalue weighted by Gasteiger charge is -2.13. The molecule has 3 aromatic rings. The van der Waals surface area contributed by atoms with Crippen LogP contribution in [0.4, 0.5) is 5.69 Å². The maximum atomic E-state index is 12.8.